The lowest BCUT2D eigenvalue weighted by Crippen LogP contribution is -2.31. The fraction of sp³-hybridized carbons (Fsp3) is 0.286. The number of anilines is 1. The molecule has 0 atom stereocenters. The molecule has 1 aromatic carbocycles. The molecule has 3 heterocycles. The van der Waals surface area contributed by atoms with Crippen LogP contribution in [0.25, 0.3) is 0 Å². The van der Waals surface area contributed by atoms with Crippen molar-refractivity contribution in [1.29, 1.82) is 0 Å². The van der Waals surface area contributed by atoms with Crippen LogP contribution in [0, 0.1) is 13.8 Å². The summed E-state index contributed by atoms with van der Waals surface area (Å²) < 4.78 is 5.48. The number of urea groups is 1. The van der Waals surface area contributed by atoms with E-state index in [2.05, 4.69) is 10.3 Å². The van der Waals surface area contributed by atoms with Gasteiger partial charge in [0.25, 0.3) is 5.91 Å². The summed E-state index contributed by atoms with van der Waals surface area (Å²) in [6, 6.07) is 13.5. The standard InChI is InChI=1S/C21H22N4O3S/c1-14-8-9-17(28-14)12-22-19(26)18-15(2)23-20(29-18)25-11-10-24(21(25)27)13-16-6-4-3-5-7-16/h3-9H,10-13H2,1-2H3,(H,22,26). The lowest BCUT2D eigenvalue weighted by atomic mass is 10.2. The molecule has 0 saturated carbocycles. The normalized spacial score (nSPS) is 13.9. The molecule has 0 bridgehead atoms. The number of nitrogens with zero attached hydrogens (tertiary/aromatic N) is 3. The molecule has 0 unspecified atom stereocenters. The predicted octanol–water partition coefficient (Wildman–Crippen LogP) is 3.73. The van der Waals surface area contributed by atoms with Crippen molar-refractivity contribution in [3.8, 4) is 0 Å². The first kappa shape index (κ1) is 19.2. The molecule has 2 aromatic heterocycles. The number of hydrogen-bond donors (Lipinski definition) is 1. The maximum atomic E-state index is 12.8. The van der Waals surface area contributed by atoms with Gasteiger partial charge in [-0.2, -0.15) is 0 Å². The van der Waals surface area contributed by atoms with Crippen LogP contribution < -0.4 is 10.2 Å². The van der Waals surface area contributed by atoms with Gasteiger partial charge in [0.1, 0.15) is 16.4 Å². The van der Waals surface area contributed by atoms with Crippen molar-refractivity contribution in [3.05, 3.63) is 70.1 Å². The van der Waals surface area contributed by atoms with Crippen molar-refractivity contribution < 1.29 is 14.0 Å². The van der Waals surface area contributed by atoms with Crippen LogP contribution in [0.15, 0.2) is 46.9 Å². The molecule has 1 N–H and O–H groups in total. The maximum Gasteiger partial charge on any atom is 0.326 e. The Balaban J connectivity index is 1.42. The fourth-order valence-corrected chi connectivity index (χ4v) is 4.25. The zero-order valence-corrected chi connectivity index (χ0v) is 17.2. The molecule has 0 radical (unpaired) electrons. The number of thiazole rings is 1. The maximum absolute atomic E-state index is 12.8. The monoisotopic (exact) mass is 410 g/mol. The van der Waals surface area contributed by atoms with Crippen LogP contribution in [0.3, 0.4) is 0 Å². The minimum Gasteiger partial charge on any atom is -0.465 e. The number of carbonyl (C=O) groups is 2. The number of aryl methyl sites for hydroxylation is 2. The van der Waals surface area contributed by atoms with E-state index in [0.29, 0.717) is 47.6 Å². The Hall–Kier alpha value is -3.13. The number of amides is 3. The quantitative estimate of drug-likeness (QED) is 0.672. The Kier molecular flexibility index (Phi) is 5.35. The van der Waals surface area contributed by atoms with Gasteiger partial charge in [0.05, 0.1) is 12.2 Å². The van der Waals surface area contributed by atoms with Crippen LogP contribution in [0.5, 0.6) is 0 Å². The highest BCUT2D eigenvalue weighted by Crippen LogP contribution is 2.29. The molecule has 0 spiro atoms. The SMILES string of the molecule is Cc1ccc(CNC(=O)c2sc(N3CCN(Cc4ccccc4)C3=O)nc2C)o1. The summed E-state index contributed by atoms with van der Waals surface area (Å²) in [6.45, 7) is 5.72. The van der Waals surface area contributed by atoms with Crippen LogP contribution in [-0.2, 0) is 13.1 Å². The first-order valence-corrected chi connectivity index (χ1v) is 10.2. The fourth-order valence-electron chi connectivity index (χ4n) is 3.25. The minimum atomic E-state index is -0.215. The van der Waals surface area contributed by atoms with E-state index in [1.807, 2.05) is 49.4 Å². The average molecular weight is 410 g/mol. The second kappa shape index (κ2) is 8.08. The first-order valence-electron chi connectivity index (χ1n) is 9.42. The summed E-state index contributed by atoms with van der Waals surface area (Å²) in [6.07, 6.45) is 0. The van der Waals surface area contributed by atoms with E-state index in [1.165, 1.54) is 11.3 Å². The molecule has 1 saturated heterocycles. The molecule has 1 aliphatic rings. The Morgan fingerprint density at radius 2 is 1.97 bits per heavy atom. The van der Waals surface area contributed by atoms with E-state index in [0.717, 1.165) is 11.3 Å². The summed E-state index contributed by atoms with van der Waals surface area (Å²) >= 11 is 1.24. The Morgan fingerprint density at radius 3 is 2.69 bits per heavy atom. The second-order valence-electron chi connectivity index (χ2n) is 6.95. The van der Waals surface area contributed by atoms with Crippen LogP contribution in [0.2, 0.25) is 0 Å². The summed E-state index contributed by atoms with van der Waals surface area (Å²) in [5, 5.41) is 3.41. The highest BCUT2D eigenvalue weighted by Gasteiger charge is 2.32. The van der Waals surface area contributed by atoms with Crippen LogP contribution in [0.1, 0.15) is 32.4 Å². The lowest BCUT2D eigenvalue weighted by molar-refractivity contribution is 0.0951. The molecule has 150 valence electrons. The third-order valence-corrected chi connectivity index (χ3v) is 5.93. The summed E-state index contributed by atoms with van der Waals surface area (Å²) in [5.74, 6) is 1.29. The Morgan fingerprint density at radius 1 is 1.17 bits per heavy atom. The predicted molar refractivity (Wildman–Crippen MR) is 111 cm³/mol. The van der Waals surface area contributed by atoms with Gasteiger partial charge in [-0.05, 0) is 31.5 Å². The van der Waals surface area contributed by atoms with Crippen molar-refractivity contribution in [1.82, 2.24) is 15.2 Å². The zero-order valence-electron chi connectivity index (χ0n) is 16.3. The average Bonchev–Trinajstić information content (AvgIpc) is 3.40. The van der Waals surface area contributed by atoms with Gasteiger partial charge in [0, 0.05) is 19.6 Å². The van der Waals surface area contributed by atoms with E-state index in [9.17, 15) is 9.59 Å². The van der Waals surface area contributed by atoms with Crippen LogP contribution in [0.4, 0.5) is 9.93 Å². The van der Waals surface area contributed by atoms with Crippen LogP contribution >= 0.6 is 11.3 Å². The van der Waals surface area contributed by atoms with Crippen molar-refractivity contribution in [2.24, 2.45) is 0 Å². The Bertz CT molecular complexity index is 1030. The van der Waals surface area contributed by atoms with Gasteiger partial charge in [0.2, 0.25) is 0 Å². The third kappa shape index (κ3) is 4.17. The molecule has 3 amide bonds. The van der Waals surface area contributed by atoms with E-state index >= 15 is 0 Å². The van der Waals surface area contributed by atoms with Crippen LogP contribution in [-0.4, -0.2) is 34.9 Å². The molecule has 4 rings (SSSR count). The van der Waals surface area contributed by atoms with Crippen molar-refractivity contribution in [2.45, 2.75) is 26.9 Å². The van der Waals surface area contributed by atoms with E-state index < -0.39 is 0 Å². The molecular weight excluding hydrogens is 388 g/mol. The number of aromatic nitrogens is 1. The molecular formula is C21H22N4O3S. The highest BCUT2D eigenvalue weighted by molar-refractivity contribution is 7.17. The van der Waals surface area contributed by atoms with Crippen molar-refractivity contribution in [2.75, 3.05) is 18.0 Å². The van der Waals surface area contributed by atoms with E-state index in [-0.39, 0.29) is 11.9 Å². The van der Waals surface area contributed by atoms with Gasteiger partial charge in [-0.3, -0.25) is 9.69 Å². The van der Waals surface area contributed by atoms with Gasteiger partial charge < -0.3 is 14.6 Å². The third-order valence-electron chi connectivity index (χ3n) is 4.75. The Labute approximate surface area is 173 Å². The summed E-state index contributed by atoms with van der Waals surface area (Å²) in [5.41, 5.74) is 1.71. The smallest absolute Gasteiger partial charge is 0.326 e. The number of furan rings is 1. The largest absolute Gasteiger partial charge is 0.465 e. The molecule has 1 aliphatic heterocycles. The molecule has 1 fully saturated rings. The van der Waals surface area contributed by atoms with Gasteiger partial charge in [-0.25, -0.2) is 9.78 Å². The summed E-state index contributed by atoms with van der Waals surface area (Å²) in [4.78, 5) is 33.8. The van der Waals surface area contributed by atoms with Gasteiger partial charge in [-0.1, -0.05) is 41.7 Å². The first-order chi connectivity index (χ1) is 14.0. The van der Waals surface area contributed by atoms with Gasteiger partial charge >= 0.3 is 6.03 Å². The van der Waals surface area contributed by atoms with Gasteiger partial charge in [0.15, 0.2) is 5.13 Å². The molecule has 8 heteroatoms. The number of rotatable bonds is 6. The molecule has 0 aliphatic carbocycles. The minimum absolute atomic E-state index is 0.0828. The van der Waals surface area contributed by atoms with Crippen molar-refractivity contribution in [3.63, 3.8) is 0 Å². The molecule has 7 nitrogen and oxygen atoms in total. The van der Waals surface area contributed by atoms with E-state index in [1.54, 1.807) is 16.7 Å². The van der Waals surface area contributed by atoms with Gasteiger partial charge in [-0.15, -0.1) is 0 Å². The lowest BCUT2D eigenvalue weighted by Gasteiger charge is -2.16. The second-order valence-corrected chi connectivity index (χ2v) is 7.92. The van der Waals surface area contributed by atoms with E-state index in [4.69, 9.17) is 4.42 Å². The molecule has 29 heavy (non-hydrogen) atoms. The van der Waals surface area contributed by atoms with Crippen molar-refractivity contribution >= 4 is 28.4 Å². The summed E-state index contributed by atoms with van der Waals surface area (Å²) in [7, 11) is 0. The molecule has 3 aromatic rings. The topological polar surface area (TPSA) is 78.7 Å². The number of benzene rings is 1. The highest BCUT2D eigenvalue weighted by atomic mass is 32.1. The number of carbonyl (C=O) groups excluding carboxylic acids is 2. The number of nitrogens with one attached hydrogen (secondary N) is 1. The zero-order chi connectivity index (χ0) is 20.4. The number of hydrogen-bond acceptors (Lipinski definition) is 5.